The molecule has 0 spiro atoms. The van der Waals surface area contributed by atoms with Crippen molar-refractivity contribution in [1.82, 2.24) is 5.32 Å². The summed E-state index contributed by atoms with van der Waals surface area (Å²) in [5.74, 6) is 0.323. The Morgan fingerprint density at radius 1 is 1.03 bits per heavy atom. The molecular formula is C23H25Cl2NO4S. The quantitative estimate of drug-likeness (QED) is 0.441. The van der Waals surface area contributed by atoms with Crippen LogP contribution in [0.3, 0.4) is 0 Å². The highest BCUT2D eigenvalue weighted by Crippen LogP contribution is 2.29. The Bertz CT molecular complexity index is 1090. The summed E-state index contributed by atoms with van der Waals surface area (Å²) in [5.41, 5.74) is 1.76. The molecule has 0 aliphatic heterocycles. The first-order valence-electron chi connectivity index (χ1n) is 9.53. The standard InChI is InChI=1S/C23H24ClNO4S.ClH/c1-29-22-7-2-3-8-23(22)30(27,28)20-11-9-17(10-12-20)13-14-25-16-21(26)18-5-4-6-19(24)15-18;/h2-12,15,21,25-26H,13-14,16H2,1H3;1H/t21-;/m0./s1. The molecule has 0 radical (unpaired) electrons. The average Bonchev–Trinajstić information content (AvgIpc) is 2.77. The van der Waals surface area contributed by atoms with Gasteiger partial charge in [-0.3, -0.25) is 0 Å². The summed E-state index contributed by atoms with van der Waals surface area (Å²) in [6.07, 6.45) is 0.0640. The van der Waals surface area contributed by atoms with E-state index >= 15 is 0 Å². The molecule has 3 rings (SSSR count). The summed E-state index contributed by atoms with van der Waals surface area (Å²) >= 11 is 5.95. The third-order valence-corrected chi connectivity index (χ3v) is 6.80. The van der Waals surface area contributed by atoms with Crippen molar-refractivity contribution in [2.24, 2.45) is 0 Å². The van der Waals surface area contributed by atoms with E-state index in [1.54, 1.807) is 54.6 Å². The summed E-state index contributed by atoms with van der Waals surface area (Å²) in [4.78, 5) is 0.372. The maximum absolute atomic E-state index is 12.9. The molecule has 0 saturated heterocycles. The Balaban J connectivity index is 0.00000341. The van der Waals surface area contributed by atoms with Gasteiger partial charge in [-0.05, 0) is 60.5 Å². The van der Waals surface area contributed by atoms with Crippen molar-refractivity contribution in [3.63, 3.8) is 0 Å². The van der Waals surface area contributed by atoms with Gasteiger partial charge >= 0.3 is 0 Å². The van der Waals surface area contributed by atoms with Crippen LogP contribution in [0, 0.1) is 0 Å². The number of aliphatic hydroxyl groups excluding tert-OH is 1. The number of halogens is 2. The highest BCUT2D eigenvalue weighted by molar-refractivity contribution is 7.91. The van der Waals surface area contributed by atoms with Crippen molar-refractivity contribution < 1.29 is 18.3 Å². The van der Waals surface area contributed by atoms with E-state index in [-0.39, 0.29) is 22.2 Å². The zero-order valence-corrected chi connectivity index (χ0v) is 19.4. The van der Waals surface area contributed by atoms with Crippen LogP contribution >= 0.6 is 24.0 Å². The normalized spacial score (nSPS) is 12.1. The lowest BCUT2D eigenvalue weighted by Gasteiger charge is -2.13. The number of nitrogens with one attached hydrogen (secondary N) is 1. The predicted molar refractivity (Wildman–Crippen MR) is 125 cm³/mol. The van der Waals surface area contributed by atoms with E-state index < -0.39 is 15.9 Å². The smallest absolute Gasteiger partial charge is 0.210 e. The van der Waals surface area contributed by atoms with Gasteiger partial charge in [-0.1, -0.05) is 48.0 Å². The van der Waals surface area contributed by atoms with Gasteiger partial charge < -0.3 is 15.2 Å². The van der Waals surface area contributed by atoms with E-state index in [2.05, 4.69) is 5.32 Å². The number of methoxy groups -OCH3 is 1. The van der Waals surface area contributed by atoms with Gasteiger partial charge in [0.05, 0.1) is 18.1 Å². The molecule has 0 heterocycles. The lowest BCUT2D eigenvalue weighted by atomic mass is 10.1. The molecule has 0 aromatic heterocycles. The van der Waals surface area contributed by atoms with Crippen molar-refractivity contribution in [3.8, 4) is 5.75 Å². The molecule has 5 nitrogen and oxygen atoms in total. The fourth-order valence-corrected chi connectivity index (χ4v) is 4.73. The molecule has 3 aromatic carbocycles. The van der Waals surface area contributed by atoms with Crippen molar-refractivity contribution >= 4 is 33.8 Å². The van der Waals surface area contributed by atoms with Crippen LogP contribution in [0.1, 0.15) is 17.2 Å². The summed E-state index contributed by atoms with van der Waals surface area (Å²) in [7, 11) is -2.20. The number of benzene rings is 3. The number of ether oxygens (including phenoxy) is 1. The minimum atomic E-state index is -3.65. The van der Waals surface area contributed by atoms with Crippen LogP contribution in [0.25, 0.3) is 0 Å². The molecule has 3 aromatic rings. The first-order chi connectivity index (χ1) is 14.4. The summed E-state index contributed by atoms with van der Waals surface area (Å²) < 4.78 is 31.0. The second-order valence-corrected chi connectivity index (χ2v) is 9.18. The van der Waals surface area contributed by atoms with Crippen molar-refractivity contribution in [2.75, 3.05) is 20.2 Å². The maximum Gasteiger partial charge on any atom is 0.210 e. The topological polar surface area (TPSA) is 75.6 Å². The van der Waals surface area contributed by atoms with Gasteiger partial charge in [0.25, 0.3) is 0 Å². The molecule has 0 saturated carbocycles. The molecule has 0 amide bonds. The molecule has 0 fully saturated rings. The number of hydrogen-bond donors (Lipinski definition) is 2. The Hall–Kier alpha value is -2.09. The SMILES string of the molecule is COc1ccccc1S(=O)(=O)c1ccc(CCNC[C@H](O)c2cccc(Cl)c2)cc1.Cl. The largest absolute Gasteiger partial charge is 0.495 e. The summed E-state index contributed by atoms with van der Waals surface area (Å²) in [5, 5.41) is 14.0. The highest BCUT2D eigenvalue weighted by Gasteiger charge is 2.21. The number of hydrogen-bond acceptors (Lipinski definition) is 5. The van der Waals surface area contributed by atoms with Gasteiger partial charge in [-0.2, -0.15) is 0 Å². The van der Waals surface area contributed by atoms with Gasteiger partial charge in [-0.15, -0.1) is 12.4 Å². The molecule has 1 atom stereocenters. The first kappa shape index (κ1) is 25.2. The summed E-state index contributed by atoms with van der Waals surface area (Å²) in [6, 6.07) is 20.6. The molecule has 0 unspecified atom stereocenters. The van der Waals surface area contributed by atoms with E-state index in [9.17, 15) is 13.5 Å². The second kappa shape index (κ2) is 11.5. The summed E-state index contributed by atoms with van der Waals surface area (Å²) in [6.45, 7) is 1.05. The van der Waals surface area contributed by atoms with Crippen molar-refractivity contribution in [2.45, 2.75) is 22.3 Å². The molecule has 2 N–H and O–H groups in total. The van der Waals surface area contributed by atoms with Crippen LogP contribution in [0.15, 0.2) is 82.6 Å². The van der Waals surface area contributed by atoms with E-state index in [1.165, 1.54) is 13.2 Å². The fourth-order valence-electron chi connectivity index (χ4n) is 3.11. The predicted octanol–water partition coefficient (Wildman–Crippen LogP) is 4.47. The Morgan fingerprint density at radius 2 is 1.74 bits per heavy atom. The molecule has 0 bridgehead atoms. The average molecular weight is 482 g/mol. The van der Waals surface area contributed by atoms with Gasteiger partial charge in [0.15, 0.2) is 0 Å². The molecule has 8 heteroatoms. The number of rotatable bonds is 9. The van der Waals surface area contributed by atoms with Crippen LogP contribution in [0.2, 0.25) is 5.02 Å². The van der Waals surface area contributed by atoms with E-state index in [0.29, 0.717) is 30.3 Å². The Morgan fingerprint density at radius 3 is 2.42 bits per heavy atom. The number of aliphatic hydroxyl groups is 1. The molecule has 0 aliphatic carbocycles. The van der Waals surface area contributed by atoms with Crippen molar-refractivity contribution in [1.29, 1.82) is 0 Å². The van der Waals surface area contributed by atoms with Crippen LogP contribution in [-0.2, 0) is 16.3 Å². The highest BCUT2D eigenvalue weighted by atomic mass is 35.5. The Kier molecular flexibility index (Phi) is 9.34. The molecule has 31 heavy (non-hydrogen) atoms. The van der Waals surface area contributed by atoms with Crippen LogP contribution in [0.5, 0.6) is 5.75 Å². The van der Waals surface area contributed by atoms with Crippen molar-refractivity contribution in [3.05, 3.63) is 88.9 Å². The van der Waals surface area contributed by atoms with Crippen LogP contribution < -0.4 is 10.1 Å². The molecular weight excluding hydrogens is 457 g/mol. The van der Waals surface area contributed by atoms with Gasteiger partial charge in [0.2, 0.25) is 9.84 Å². The van der Waals surface area contributed by atoms with Gasteiger partial charge in [0, 0.05) is 11.6 Å². The molecule has 166 valence electrons. The van der Waals surface area contributed by atoms with E-state index in [1.807, 2.05) is 12.1 Å². The Labute approximate surface area is 194 Å². The minimum absolute atomic E-state index is 0. The van der Waals surface area contributed by atoms with Crippen LogP contribution in [0.4, 0.5) is 0 Å². The third kappa shape index (κ3) is 6.45. The monoisotopic (exact) mass is 481 g/mol. The maximum atomic E-state index is 12.9. The minimum Gasteiger partial charge on any atom is -0.495 e. The van der Waals surface area contributed by atoms with Gasteiger partial charge in [-0.25, -0.2) is 8.42 Å². The van der Waals surface area contributed by atoms with Crippen LogP contribution in [-0.4, -0.2) is 33.7 Å². The number of para-hydroxylation sites is 1. The van der Waals surface area contributed by atoms with E-state index in [4.69, 9.17) is 16.3 Å². The zero-order chi connectivity index (χ0) is 21.6. The first-order valence-corrected chi connectivity index (χ1v) is 11.4. The third-order valence-electron chi connectivity index (χ3n) is 4.75. The lowest BCUT2D eigenvalue weighted by molar-refractivity contribution is 0.175. The second-order valence-electron chi connectivity index (χ2n) is 6.82. The van der Waals surface area contributed by atoms with Gasteiger partial charge in [0.1, 0.15) is 10.6 Å². The lowest BCUT2D eigenvalue weighted by Crippen LogP contribution is -2.23. The fraction of sp³-hybridized carbons (Fsp3) is 0.217. The zero-order valence-electron chi connectivity index (χ0n) is 17.0. The molecule has 0 aliphatic rings. The number of sulfone groups is 1. The van der Waals surface area contributed by atoms with E-state index in [0.717, 1.165) is 11.1 Å².